The number of carbonyl (C=O) groups excluding carboxylic acids is 1. The van der Waals surface area contributed by atoms with Gasteiger partial charge in [-0.1, -0.05) is 12.2 Å². The van der Waals surface area contributed by atoms with Gasteiger partial charge in [0.25, 0.3) is 0 Å². The average Bonchev–Trinajstić information content (AvgIpc) is 2.52. The van der Waals surface area contributed by atoms with Crippen molar-refractivity contribution in [1.82, 2.24) is 5.32 Å². The lowest BCUT2D eigenvalue weighted by Crippen LogP contribution is -2.35. The van der Waals surface area contributed by atoms with Crippen LogP contribution in [0, 0.1) is 0 Å². The highest BCUT2D eigenvalue weighted by Gasteiger charge is 2.27. The van der Waals surface area contributed by atoms with Crippen molar-refractivity contribution in [3.63, 3.8) is 0 Å². The zero-order chi connectivity index (χ0) is 8.97. The van der Waals surface area contributed by atoms with Gasteiger partial charge in [0.1, 0.15) is 6.04 Å². The Morgan fingerprint density at radius 1 is 1.58 bits per heavy atom. The first-order valence-electron chi connectivity index (χ1n) is 4.24. The number of allylic oxidation sites excluding steroid dienone is 1. The highest BCUT2D eigenvalue weighted by atomic mass is 16.5. The summed E-state index contributed by atoms with van der Waals surface area (Å²) in [7, 11) is 1.42. The maximum atomic E-state index is 11.1. The molecule has 0 bridgehead atoms. The third kappa shape index (κ3) is 2.08. The van der Waals surface area contributed by atoms with Crippen LogP contribution in [0.2, 0.25) is 0 Å². The normalized spacial score (nSPS) is 29.5. The molecule has 1 aliphatic heterocycles. The van der Waals surface area contributed by atoms with Crippen LogP contribution < -0.4 is 5.32 Å². The Morgan fingerprint density at radius 2 is 2.33 bits per heavy atom. The molecule has 1 aliphatic rings. The van der Waals surface area contributed by atoms with E-state index in [1.807, 2.05) is 13.0 Å². The van der Waals surface area contributed by atoms with Crippen molar-refractivity contribution in [2.75, 3.05) is 7.11 Å². The fourth-order valence-electron chi connectivity index (χ4n) is 1.48. The molecule has 1 heterocycles. The second kappa shape index (κ2) is 4.26. The molecular formula is C9H15NO2. The van der Waals surface area contributed by atoms with Crippen molar-refractivity contribution in [1.29, 1.82) is 0 Å². The van der Waals surface area contributed by atoms with Gasteiger partial charge >= 0.3 is 5.97 Å². The summed E-state index contributed by atoms with van der Waals surface area (Å²) >= 11 is 0. The van der Waals surface area contributed by atoms with Crippen LogP contribution in [-0.2, 0) is 9.53 Å². The van der Waals surface area contributed by atoms with Crippen LogP contribution in [0.15, 0.2) is 12.2 Å². The predicted molar refractivity (Wildman–Crippen MR) is 46.8 cm³/mol. The summed E-state index contributed by atoms with van der Waals surface area (Å²) in [6, 6.07) is 0.246. The molecule has 1 fully saturated rings. The fraction of sp³-hybridized carbons (Fsp3) is 0.667. The molecule has 0 radical (unpaired) electrons. The number of hydrogen-bond donors (Lipinski definition) is 1. The van der Waals surface area contributed by atoms with Crippen LogP contribution in [0.5, 0.6) is 0 Å². The maximum Gasteiger partial charge on any atom is 0.322 e. The molecule has 68 valence electrons. The molecule has 1 rings (SSSR count). The lowest BCUT2D eigenvalue weighted by atomic mass is 10.2. The van der Waals surface area contributed by atoms with E-state index in [9.17, 15) is 4.79 Å². The molecule has 2 atom stereocenters. The molecule has 1 N–H and O–H groups in total. The van der Waals surface area contributed by atoms with Crippen molar-refractivity contribution in [3.05, 3.63) is 12.2 Å². The second-order valence-electron chi connectivity index (χ2n) is 2.95. The summed E-state index contributed by atoms with van der Waals surface area (Å²) in [5, 5.41) is 3.18. The van der Waals surface area contributed by atoms with E-state index in [0.717, 1.165) is 12.8 Å². The highest BCUT2D eigenvalue weighted by molar-refractivity contribution is 5.76. The quantitative estimate of drug-likeness (QED) is 0.492. The zero-order valence-electron chi connectivity index (χ0n) is 7.54. The molecular weight excluding hydrogens is 154 g/mol. The Kier molecular flexibility index (Phi) is 3.29. The minimum absolute atomic E-state index is 0.101. The SMILES string of the molecule is CC=C[C@@H]1CC[C@@H](C(=O)OC)N1. The standard InChI is InChI=1S/C9H15NO2/c1-3-4-7-5-6-8(10-7)9(11)12-2/h3-4,7-8,10H,5-6H2,1-2H3/t7-,8+/m1/s1. The maximum absolute atomic E-state index is 11.1. The van der Waals surface area contributed by atoms with Gasteiger partial charge in [-0.25, -0.2) is 0 Å². The first kappa shape index (κ1) is 9.26. The fourth-order valence-corrected chi connectivity index (χ4v) is 1.48. The Labute approximate surface area is 72.8 Å². The van der Waals surface area contributed by atoms with Crippen molar-refractivity contribution in [2.24, 2.45) is 0 Å². The van der Waals surface area contributed by atoms with E-state index in [-0.39, 0.29) is 12.0 Å². The van der Waals surface area contributed by atoms with Gasteiger partial charge in [0, 0.05) is 6.04 Å². The van der Waals surface area contributed by atoms with Gasteiger partial charge in [-0.15, -0.1) is 0 Å². The monoisotopic (exact) mass is 169 g/mol. The Bertz CT molecular complexity index is 189. The van der Waals surface area contributed by atoms with E-state index < -0.39 is 0 Å². The summed E-state index contributed by atoms with van der Waals surface area (Å²) in [6.45, 7) is 1.98. The summed E-state index contributed by atoms with van der Waals surface area (Å²) in [6.07, 6.45) is 5.96. The van der Waals surface area contributed by atoms with Crippen LogP contribution in [-0.4, -0.2) is 25.2 Å². The van der Waals surface area contributed by atoms with Crippen LogP contribution in [0.4, 0.5) is 0 Å². The Morgan fingerprint density at radius 3 is 2.92 bits per heavy atom. The molecule has 0 spiro atoms. The highest BCUT2D eigenvalue weighted by Crippen LogP contribution is 2.13. The Balaban J connectivity index is 2.40. The van der Waals surface area contributed by atoms with Gasteiger partial charge in [-0.3, -0.25) is 10.1 Å². The molecule has 0 aliphatic carbocycles. The van der Waals surface area contributed by atoms with E-state index in [2.05, 4.69) is 16.1 Å². The van der Waals surface area contributed by atoms with Crippen LogP contribution in [0.1, 0.15) is 19.8 Å². The second-order valence-corrected chi connectivity index (χ2v) is 2.95. The lowest BCUT2D eigenvalue weighted by Gasteiger charge is -2.08. The van der Waals surface area contributed by atoms with Crippen molar-refractivity contribution in [3.8, 4) is 0 Å². The molecule has 3 heteroatoms. The van der Waals surface area contributed by atoms with Crippen LogP contribution >= 0.6 is 0 Å². The first-order chi connectivity index (χ1) is 5.77. The number of methoxy groups -OCH3 is 1. The van der Waals surface area contributed by atoms with E-state index in [1.54, 1.807) is 0 Å². The molecule has 0 unspecified atom stereocenters. The minimum Gasteiger partial charge on any atom is -0.468 e. The molecule has 0 aromatic heterocycles. The number of carbonyl (C=O) groups is 1. The third-order valence-corrected chi connectivity index (χ3v) is 2.09. The van der Waals surface area contributed by atoms with Crippen LogP contribution in [0.3, 0.4) is 0 Å². The summed E-state index contributed by atoms with van der Waals surface area (Å²) in [5.74, 6) is -0.151. The number of esters is 1. The lowest BCUT2D eigenvalue weighted by molar-refractivity contribution is -0.142. The van der Waals surface area contributed by atoms with Gasteiger partial charge < -0.3 is 4.74 Å². The topological polar surface area (TPSA) is 38.3 Å². The van der Waals surface area contributed by atoms with Crippen LogP contribution in [0.25, 0.3) is 0 Å². The number of hydrogen-bond acceptors (Lipinski definition) is 3. The van der Waals surface area contributed by atoms with E-state index >= 15 is 0 Å². The smallest absolute Gasteiger partial charge is 0.322 e. The van der Waals surface area contributed by atoms with Crippen molar-refractivity contribution < 1.29 is 9.53 Å². The van der Waals surface area contributed by atoms with Gasteiger partial charge in [0.05, 0.1) is 7.11 Å². The number of rotatable bonds is 2. The number of nitrogens with one attached hydrogen (secondary N) is 1. The van der Waals surface area contributed by atoms with Gasteiger partial charge in [-0.05, 0) is 19.8 Å². The predicted octanol–water partition coefficient (Wildman–Crippen LogP) is 0.856. The van der Waals surface area contributed by atoms with E-state index in [4.69, 9.17) is 0 Å². The van der Waals surface area contributed by atoms with Gasteiger partial charge in [0.15, 0.2) is 0 Å². The largest absolute Gasteiger partial charge is 0.468 e. The molecule has 12 heavy (non-hydrogen) atoms. The third-order valence-electron chi connectivity index (χ3n) is 2.09. The molecule has 1 saturated heterocycles. The molecule has 0 aromatic carbocycles. The molecule has 0 aromatic rings. The zero-order valence-corrected chi connectivity index (χ0v) is 7.54. The first-order valence-corrected chi connectivity index (χ1v) is 4.24. The molecule has 3 nitrogen and oxygen atoms in total. The molecule has 0 saturated carbocycles. The van der Waals surface area contributed by atoms with Gasteiger partial charge in [-0.2, -0.15) is 0 Å². The van der Waals surface area contributed by atoms with Crippen molar-refractivity contribution >= 4 is 5.97 Å². The number of ether oxygens (including phenoxy) is 1. The summed E-state index contributed by atoms with van der Waals surface area (Å²) in [4.78, 5) is 11.1. The van der Waals surface area contributed by atoms with E-state index in [1.165, 1.54) is 7.11 Å². The molecule has 0 amide bonds. The average molecular weight is 169 g/mol. The summed E-state index contributed by atoms with van der Waals surface area (Å²) < 4.78 is 4.64. The minimum atomic E-state index is -0.151. The summed E-state index contributed by atoms with van der Waals surface area (Å²) in [5.41, 5.74) is 0. The van der Waals surface area contributed by atoms with Crippen molar-refractivity contribution in [2.45, 2.75) is 31.8 Å². The Hall–Kier alpha value is -0.830. The van der Waals surface area contributed by atoms with E-state index in [0.29, 0.717) is 6.04 Å². The van der Waals surface area contributed by atoms with Gasteiger partial charge in [0.2, 0.25) is 0 Å².